The Labute approximate surface area is 137 Å². The molecule has 1 aliphatic heterocycles. The number of hydrogen-bond donors (Lipinski definition) is 2. The summed E-state index contributed by atoms with van der Waals surface area (Å²) in [4.78, 5) is 12.4. The Morgan fingerprint density at radius 1 is 1.48 bits per heavy atom. The van der Waals surface area contributed by atoms with Crippen LogP contribution in [0.15, 0.2) is 6.20 Å². The molecule has 0 bridgehead atoms. The second-order valence-corrected chi connectivity index (χ2v) is 8.19. The van der Waals surface area contributed by atoms with Gasteiger partial charge in [-0.1, -0.05) is 13.8 Å². The average Bonchev–Trinajstić information content (AvgIpc) is 2.77. The van der Waals surface area contributed by atoms with E-state index in [1.807, 2.05) is 20.8 Å². The van der Waals surface area contributed by atoms with Crippen molar-refractivity contribution >= 4 is 16.1 Å². The third-order valence-corrected chi connectivity index (χ3v) is 5.58. The largest absolute Gasteiger partial charge is 0.354 e. The van der Waals surface area contributed by atoms with Gasteiger partial charge in [0.05, 0.1) is 11.7 Å². The van der Waals surface area contributed by atoms with E-state index >= 15 is 0 Å². The molecule has 1 aromatic rings. The van der Waals surface area contributed by atoms with E-state index in [4.69, 9.17) is 0 Å². The van der Waals surface area contributed by atoms with Crippen molar-refractivity contribution in [2.24, 2.45) is 13.0 Å². The normalized spacial score (nSPS) is 24.8. The van der Waals surface area contributed by atoms with E-state index in [1.165, 1.54) is 7.05 Å². The lowest BCUT2D eigenvalue weighted by molar-refractivity contribution is -0.125. The number of nitrogens with one attached hydrogen (secondary N) is 2. The van der Waals surface area contributed by atoms with Crippen molar-refractivity contribution in [1.82, 2.24) is 24.1 Å². The van der Waals surface area contributed by atoms with Gasteiger partial charge in [-0.3, -0.25) is 9.48 Å². The molecule has 2 rings (SSSR count). The number of hydrogen-bond acceptors (Lipinski definition) is 4. The lowest BCUT2D eigenvalue weighted by Gasteiger charge is -2.36. The molecule has 0 saturated carbocycles. The van der Waals surface area contributed by atoms with Crippen LogP contribution in [0.2, 0.25) is 0 Å². The van der Waals surface area contributed by atoms with Gasteiger partial charge >= 0.3 is 0 Å². The number of carbonyl (C=O) groups excluding carboxylic acids is 1. The predicted molar refractivity (Wildman–Crippen MR) is 86.8 cm³/mol. The molecule has 0 radical (unpaired) electrons. The number of likely N-dealkylation sites (N-methyl/N-ethyl adjacent to an activating group) is 1. The maximum Gasteiger partial charge on any atom is 0.280 e. The van der Waals surface area contributed by atoms with Crippen molar-refractivity contribution in [1.29, 1.82) is 0 Å². The van der Waals surface area contributed by atoms with Gasteiger partial charge < -0.3 is 5.32 Å². The molecule has 1 aliphatic rings. The summed E-state index contributed by atoms with van der Waals surface area (Å²) in [5.74, 6) is 0.0387. The average molecular weight is 343 g/mol. The monoisotopic (exact) mass is 343 g/mol. The summed E-state index contributed by atoms with van der Waals surface area (Å²) in [7, 11) is -0.504. The van der Waals surface area contributed by atoms with Gasteiger partial charge in [-0.25, -0.2) is 0 Å². The van der Waals surface area contributed by atoms with Gasteiger partial charge in [0.25, 0.3) is 10.2 Å². The third-order valence-electron chi connectivity index (χ3n) is 3.98. The number of carbonyl (C=O) groups is 1. The summed E-state index contributed by atoms with van der Waals surface area (Å²) < 4.78 is 30.1. The summed E-state index contributed by atoms with van der Waals surface area (Å²) in [6, 6.07) is -1.19. The van der Waals surface area contributed by atoms with E-state index in [2.05, 4.69) is 15.1 Å². The summed E-state index contributed by atoms with van der Waals surface area (Å²) >= 11 is 0. The molecule has 2 N–H and O–H groups in total. The van der Waals surface area contributed by atoms with Crippen molar-refractivity contribution in [2.75, 3.05) is 13.6 Å². The number of rotatable bonds is 4. The summed E-state index contributed by atoms with van der Waals surface area (Å²) in [5.41, 5.74) is 1.55. The van der Waals surface area contributed by atoms with E-state index in [-0.39, 0.29) is 5.91 Å². The van der Waals surface area contributed by atoms with Crippen LogP contribution in [0.1, 0.15) is 37.6 Å². The fourth-order valence-corrected chi connectivity index (χ4v) is 3.96. The molecular weight excluding hydrogens is 318 g/mol. The molecule has 1 saturated heterocycles. The third kappa shape index (κ3) is 3.91. The van der Waals surface area contributed by atoms with Crippen molar-refractivity contribution < 1.29 is 13.2 Å². The molecule has 8 nitrogen and oxygen atoms in total. The first kappa shape index (κ1) is 17.9. The molecule has 130 valence electrons. The van der Waals surface area contributed by atoms with Gasteiger partial charge in [0.2, 0.25) is 5.91 Å². The molecule has 0 aromatic carbocycles. The summed E-state index contributed by atoms with van der Waals surface area (Å²) in [6.07, 6.45) is 2.16. The minimum Gasteiger partial charge on any atom is -0.354 e. The van der Waals surface area contributed by atoms with Gasteiger partial charge in [-0.2, -0.15) is 22.5 Å². The quantitative estimate of drug-likeness (QED) is 0.809. The molecule has 9 heteroatoms. The van der Waals surface area contributed by atoms with Crippen molar-refractivity contribution in [3.8, 4) is 0 Å². The molecule has 2 atom stereocenters. The highest BCUT2D eigenvalue weighted by molar-refractivity contribution is 7.87. The topological polar surface area (TPSA) is 96.3 Å². The van der Waals surface area contributed by atoms with Crippen LogP contribution < -0.4 is 10.0 Å². The van der Waals surface area contributed by atoms with Crippen LogP contribution in [0.3, 0.4) is 0 Å². The van der Waals surface area contributed by atoms with Gasteiger partial charge in [0, 0.05) is 32.4 Å². The highest BCUT2D eigenvalue weighted by atomic mass is 32.2. The summed E-state index contributed by atoms with van der Waals surface area (Å²) in [5, 5.41) is 7.07. The Hall–Kier alpha value is -1.45. The molecule has 0 aliphatic carbocycles. The van der Waals surface area contributed by atoms with E-state index in [1.54, 1.807) is 17.9 Å². The first-order chi connectivity index (χ1) is 10.6. The van der Waals surface area contributed by atoms with Crippen LogP contribution in [0.25, 0.3) is 0 Å². The van der Waals surface area contributed by atoms with Gasteiger partial charge in [-0.05, 0) is 19.3 Å². The number of nitrogens with zero attached hydrogens (tertiary/aromatic N) is 3. The molecule has 1 aromatic heterocycles. The zero-order chi connectivity index (χ0) is 17.4. The second-order valence-electron chi connectivity index (χ2n) is 6.43. The maximum atomic E-state index is 12.4. The Morgan fingerprint density at radius 3 is 2.65 bits per heavy atom. The van der Waals surface area contributed by atoms with Crippen LogP contribution >= 0.6 is 0 Å². The van der Waals surface area contributed by atoms with Gasteiger partial charge in [-0.15, -0.1) is 0 Å². The van der Waals surface area contributed by atoms with E-state index in [0.29, 0.717) is 18.9 Å². The van der Waals surface area contributed by atoms with Gasteiger partial charge in [0.1, 0.15) is 6.04 Å². The second kappa shape index (κ2) is 6.58. The lowest BCUT2D eigenvalue weighted by Crippen LogP contribution is -2.57. The fraction of sp³-hybridized carbons (Fsp3) is 0.714. The maximum absolute atomic E-state index is 12.4. The number of amides is 1. The Kier molecular flexibility index (Phi) is 5.12. The van der Waals surface area contributed by atoms with E-state index in [9.17, 15) is 13.2 Å². The Balaban J connectivity index is 2.25. The van der Waals surface area contributed by atoms with E-state index in [0.717, 1.165) is 15.6 Å². The van der Waals surface area contributed by atoms with Crippen LogP contribution in [0.4, 0.5) is 0 Å². The first-order valence-electron chi connectivity index (χ1n) is 7.65. The minimum absolute atomic E-state index is 0.266. The molecule has 1 fully saturated rings. The van der Waals surface area contributed by atoms with Crippen LogP contribution in [0, 0.1) is 12.8 Å². The standard InChI is InChI=1S/C14H25N5O3S/c1-9(2)7-15-14(20)13-6-12(17-23(21,22)19(13)5)11-8-18(4)16-10(11)3/h8-9,12-13,17H,6-7H2,1-5H3,(H,15,20)/t12-,13-/m1/s1. The predicted octanol–water partition coefficient (Wildman–Crippen LogP) is 0.0803. The van der Waals surface area contributed by atoms with Crippen LogP contribution in [-0.2, 0) is 22.1 Å². The number of aryl methyl sites for hydroxylation is 2. The van der Waals surface area contributed by atoms with Crippen LogP contribution in [-0.4, -0.2) is 48.0 Å². The molecular formula is C14H25N5O3S. The Morgan fingerprint density at radius 2 is 2.13 bits per heavy atom. The summed E-state index contributed by atoms with van der Waals surface area (Å²) in [6.45, 7) is 6.33. The lowest BCUT2D eigenvalue weighted by atomic mass is 10.00. The Bertz CT molecular complexity index is 683. The molecule has 2 heterocycles. The highest BCUT2D eigenvalue weighted by Crippen LogP contribution is 2.29. The highest BCUT2D eigenvalue weighted by Gasteiger charge is 2.41. The van der Waals surface area contributed by atoms with Gasteiger partial charge in [0.15, 0.2) is 0 Å². The van der Waals surface area contributed by atoms with Crippen molar-refractivity contribution in [3.63, 3.8) is 0 Å². The van der Waals surface area contributed by atoms with Crippen LogP contribution in [0.5, 0.6) is 0 Å². The smallest absolute Gasteiger partial charge is 0.280 e. The molecule has 1 amide bonds. The van der Waals surface area contributed by atoms with Crippen molar-refractivity contribution in [3.05, 3.63) is 17.5 Å². The SMILES string of the molecule is Cc1nn(C)cc1[C@H]1C[C@H](C(=O)NCC(C)C)N(C)S(=O)(=O)N1. The van der Waals surface area contributed by atoms with Crippen molar-refractivity contribution in [2.45, 2.75) is 39.3 Å². The molecule has 0 spiro atoms. The first-order valence-corrected chi connectivity index (χ1v) is 9.09. The number of aromatic nitrogens is 2. The zero-order valence-electron chi connectivity index (χ0n) is 14.2. The molecule has 0 unspecified atom stereocenters. The molecule has 23 heavy (non-hydrogen) atoms. The zero-order valence-corrected chi connectivity index (χ0v) is 15.0. The fourth-order valence-electron chi connectivity index (χ4n) is 2.70. The van der Waals surface area contributed by atoms with E-state index < -0.39 is 22.3 Å². The minimum atomic E-state index is -3.71.